The van der Waals surface area contributed by atoms with Gasteiger partial charge in [-0.2, -0.15) is 18.4 Å². The number of carbonyl (C=O) groups is 1. The monoisotopic (exact) mass is 477 g/mol. The number of carbonyl (C=O) groups excluding carboxylic acids is 1. The predicted molar refractivity (Wildman–Crippen MR) is 123 cm³/mol. The fraction of sp³-hybridized carbons (Fsp3) is 0.692. The summed E-state index contributed by atoms with van der Waals surface area (Å²) in [6.45, 7) is 8.04. The minimum atomic E-state index is -4.58. The number of rotatable bonds is 7. The molecule has 0 N–H and O–H groups in total. The maximum Gasteiger partial charge on any atom is 0.417 e. The van der Waals surface area contributed by atoms with Crippen LogP contribution in [0.5, 0.6) is 0 Å². The number of amides is 1. The number of nitriles is 1. The highest BCUT2D eigenvalue weighted by atomic mass is 19.4. The highest BCUT2D eigenvalue weighted by Crippen LogP contribution is 2.47. The van der Waals surface area contributed by atoms with Gasteiger partial charge in [-0.3, -0.25) is 4.79 Å². The van der Waals surface area contributed by atoms with Crippen molar-refractivity contribution in [1.29, 1.82) is 5.26 Å². The number of nitrogens with zero attached hydrogens (tertiary/aromatic N) is 3. The summed E-state index contributed by atoms with van der Waals surface area (Å²) >= 11 is 0. The molecule has 1 spiro atoms. The number of hydrogen-bond acceptors (Lipinski definition) is 4. The first kappa shape index (κ1) is 24.8. The number of benzene rings is 1. The number of likely N-dealkylation sites (tertiary alicyclic amines) is 1. The maximum atomic E-state index is 13.6. The SMILES string of the molecule is CC(C)CC(=O)N1CCC2(CC1)CN(c1ccc(C#N)c(C(F)(F)F)c1)CC2COCC1CC1. The number of alkyl halides is 3. The van der Waals surface area contributed by atoms with Crippen LogP contribution in [0.25, 0.3) is 0 Å². The summed E-state index contributed by atoms with van der Waals surface area (Å²) in [7, 11) is 0. The zero-order valence-electron chi connectivity index (χ0n) is 20.0. The molecule has 0 aromatic heterocycles. The lowest BCUT2D eigenvalue weighted by atomic mass is 9.71. The Morgan fingerprint density at radius 2 is 1.94 bits per heavy atom. The number of ether oxygens (including phenoxy) is 1. The molecule has 3 fully saturated rings. The Bertz CT molecular complexity index is 928. The topological polar surface area (TPSA) is 56.6 Å². The Hall–Kier alpha value is -2.27. The molecule has 1 atom stereocenters. The van der Waals surface area contributed by atoms with Crippen molar-refractivity contribution in [3.05, 3.63) is 29.3 Å². The molecule has 8 heteroatoms. The molecular weight excluding hydrogens is 443 g/mol. The molecule has 1 aromatic rings. The van der Waals surface area contributed by atoms with Crippen LogP contribution in [0.2, 0.25) is 0 Å². The summed E-state index contributed by atoms with van der Waals surface area (Å²) in [5.74, 6) is 1.34. The summed E-state index contributed by atoms with van der Waals surface area (Å²) in [6, 6.07) is 5.67. The second kappa shape index (κ2) is 9.77. The Kier molecular flexibility index (Phi) is 7.14. The van der Waals surface area contributed by atoms with E-state index in [0.717, 1.165) is 25.5 Å². The number of halogens is 3. The molecular formula is C26H34F3N3O2. The Morgan fingerprint density at radius 3 is 2.53 bits per heavy atom. The van der Waals surface area contributed by atoms with Crippen molar-refractivity contribution >= 4 is 11.6 Å². The summed E-state index contributed by atoms with van der Waals surface area (Å²) in [5, 5.41) is 9.14. The van der Waals surface area contributed by atoms with E-state index in [-0.39, 0.29) is 22.8 Å². The molecule has 186 valence electrons. The van der Waals surface area contributed by atoms with E-state index in [2.05, 4.69) is 0 Å². The van der Waals surface area contributed by atoms with E-state index in [4.69, 9.17) is 10.00 Å². The molecule has 2 heterocycles. The van der Waals surface area contributed by atoms with Crippen LogP contribution in [0.3, 0.4) is 0 Å². The van der Waals surface area contributed by atoms with Crippen molar-refractivity contribution < 1.29 is 22.7 Å². The summed E-state index contributed by atoms with van der Waals surface area (Å²) < 4.78 is 46.7. The fourth-order valence-corrected chi connectivity index (χ4v) is 5.43. The second-order valence-electron chi connectivity index (χ2n) is 10.7. The van der Waals surface area contributed by atoms with Gasteiger partial charge in [0, 0.05) is 50.8 Å². The van der Waals surface area contributed by atoms with Crippen LogP contribution in [0.4, 0.5) is 18.9 Å². The molecule has 2 aliphatic heterocycles. The van der Waals surface area contributed by atoms with Gasteiger partial charge in [-0.15, -0.1) is 0 Å². The van der Waals surface area contributed by atoms with Crippen molar-refractivity contribution in [2.24, 2.45) is 23.2 Å². The van der Waals surface area contributed by atoms with Gasteiger partial charge < -0.3 is 14.5 Å². The molecule has 34 heavy (non-hydrogen) atoms. The first-order valence-corrected chi connectivity index (χ1v) is 12.3. The Labute approximate surface area is 199 Å². The van der Waals surface area contributed by atoms with Gasteiger partial charge in [0.25, 0.3) is 0 Å². The van der Waals surface area contributed by atoms with E-state index < -0.39 is 11.7 Å². The van der Waals surface area contributed by atoms with Gasteiger partial charge in [0.05, 0.1) is 23.8 Å². The smallest absolute Gasteiger partial charge is 0.381 e. The van der Waals surface area contributed by atoms with Gasteiger partial charge in [-0.05, 0) is 61.1 Å². The normalized spacial score (nSPS) is 22.4. The maximum absolute atomic E-state index is 13.6. The third-order valence-electron chi connectivity index (χ3n) is 7.67. The van der Waals surface area contributed by atoms with Crippen molar-refractivity contribution in [3.8, 4) is 6.07 Å². The molecule has 0 bridgehead atoms. The highest BCUT2D eigenvalue weighted by Gasteiger charge is 2.49. The lowest BCUT2D eigenvalue weighted by Gasteiger charge is -2.42. The fourth-order valence-electron chi connectivity index (χ4n) is 5.43. The zero-order valence-corrected chi connectivity index (χ0v) is 20.0. The summed E-state index contributed by atoms with van der Waals surface area (Å²) in [6.07, 6.45) is 0.0346. The second-order valence-corrected chi connectivity index (χ2v) is 10.7. The third-order valence-corrected chi connectivity index (χ3v) is 7.67. The molecule has 1 amide bonds. The van der Waals surface area contributed by atoms with Crippen LogP contribution in [0.15, 0.2) is 18.2 Å². The van der Waals surface area contributed by atoms with Gasteiger partial charge in [0.15, 0.2) is 0 Å². The van der Waals surface area contributed by atoms with E-state index in [0.29, 0.717) is 56.7 Å². The van der Waals surface area contributed by atoms with Crippen molar-refractivity contribution in [1.82, 2.24) is 4.90 Å². The highest BCUT2D eigenvalue weighted by molar-refractivity contribution is 5.76. The molecule has 0 radical (unpaired) electrons. The Balaban J connectivity index is 1.52. The van der Waals surface area contributed by atoms with Crippen LogP contribution in [-0.2, 0) is 15.7 Å². The minimum Gasteiger partial charge on any atom is -0.381 e. The van der Waals surface area contributed by atoms with Gasteiger partial charge in [0.1, 0.15) is 0 Å². The number of anilines is 1. The molecule has 1 unspecified atom stereocenters. The molecule has 5 nitrogen and oxygen atoms in total. The van der Waals surface area contributed by atoms with Crippen LogP contribution in [0, 0.1) is 34.5 Å². The van der Waals surface area contributed by atoms with Crippen LogP contribution < -0.4 is 4.90 Å². The number of hydrogen-bond donors (Lipinski definition) is 0. The van der Waals surface area contributed by atoms with Gasteiger partial charge >= 0.3 is 6.18 Å². The molecule has 3 aliphatic rings. The first-order chi connectivity index (χ1) is 16.1. The van der Waals surface area contributed by atoms with Crippen LogP contribution in [0.1, 0.15) is 57.1 Å². The van der Waals surface area contributed by atoms with Crippen molar-refractivity contribution in [2.75, 3.05) is 44.3 Å². The quantitative estimate of drug-likeness (QED) is 0.549. The first-order valence-electron chi connectivity index (χ1n) is 12.3. The minimum absolute atomic E-state index is 0.0928. The summed E-state index contributed by atoms with van der Waals surface area (Å²) in [4.78, 5) is 16.5. The molecule has 1 aliphatic carbocycles. The zero-order chi connectivity index (χ0) is 24.5. The Morgan fingerprint density at radius 1 is 1.24 bits per heavy atom. The van der Waals surface area contributed by atoms with E-state index in [9.17, 15) is 18.0 Å². The standard InChI is InChI=1S/C26H34F3N3O2/c1-18(2)11-24(33)31-9-7-25(8-10-31)17-32(14-21(25)16-34-15-19-3-4-19)22-6-5-20(13-30)23(12-22)26(27,28)29/h5-6,12,18-19,21H,3-4,7-11,14-17H2,1-2H3. The molecule has 1 aromatic carbocycles. The van der Waals surface area contributed by atoms with Crippen LogP contribution >= 0.6 is 0 Å². The predicted octanol–water partition coefficient (Wildman–Crippen LogP) is 5.09. The lowest BCUT2D eigenvalue weighted by molar-refractivity contribution is -0.138. The largest absolute Gasteiger partial charge is 0.417 e. The third kappa shape index (κ3) is 5.51. The van der Waals surface area contributed by atoms with Crippen LogP contribution in [-0.4, -0.2) is 50.2 Å². The molecule has 1 saturated carbocycles. The average Bonchev–Trinajstić information content (AvgIpc) is 3.55. The van der Waals surface area contributed by atoms with Crippen molar-refractivity contribution in [3.63, 3.8) is 0 Å². The van der Waals surface area contributed by atoms with Gasteiger partial charge in [0.2, 0.25) is 5.91 Å². The van der Waals surface area contributed by atoms with E-state index >= 15 is 0 Å². The van der Waals surface area contributed by atoms with E-state index in [1.165, 1.54) is 18.9 Å². The lowest BCUT2D eigenvalue weighted by Crippen LogP contribution is -2.47. The van der Waals surface area contributed by atoms with E-state index in [1.54, 1.807) is 12.1 Å². The van der Waals surface area contributed by atoms with Crippen molar-refractivity contribution in [2.45, 2.75) is 52.1 Å². The average molecular weight is 478 g/mol. The molecule has 4 rings (SSSR count). The molecule has 2 saturated heterocycles. The van der Waals surface area contributed by atoms with Gasteiger partial charge in [-0.25, -0.2) is 0 Å². The van der Waals surface area contributed by atoms with E-state index in [1.807, 2.05) is 23.6 Å². The summed E-state index contributed by atoms with van der Waals surface area (Å²) in [5.41, 5.74) is -0.839. The van der Waals surface area contributed by atoms with Gasteiger partial charge in [-0.1, -0.05) is 13.8 Å². The number of piperidine rings is 1.